The number of nitrogens with two attached hydrogens (primary N) is 1. The molecule has 0 fully saturated rings. The highest BCUT2D eigenvalue weighted by atomic mass is 32.2. The van der Waals surface area contributed by atoms with E-state index in [0.717, 1.165) is 0 Å². The van der Waals surface area contributed by atoms with Gasteiger partial charge in [-0.3, -0.25) is 0 Å². The first-order valence-electron chi connectivity index (χ1n) is 7.52. The van der Waals surface area contributed by atoms with Crippen molar-refractivity contribution in [2.24, 2.45) is 5.14 Å². The predicted molar refractivity (Wildman–Crippen MR) is 58.7 cm³/mol. The van der Waals surface area contributed by atoms with Crippen LogP contribution in [0.2, 0.25) is 0 Å². The van der Waals surface area contributed by atoms with Crippen LogP contribution >= 0.6 is 0 Å². The fraction of sp³-hybridized carbons (Fsp3) is 0.400. The highest BCUT2D eigenvalue weighted by molar-refractivity contribution is 7.88. The van der Waals surface area contributed by atoms with Gasteiger partial charge in [0.25, 0.3) is 0 Å². The van der Waals surface area contributed by atoms with Crippen molar-refractivity contribution in [1.82, 2.24) is 0 Å². The minimum Gasteiger partial charge on any atom is -0.377 e. The zero-order chi connectivity index (χ0) is 17.5. The van der Waals surface area contributed by atoms with Gasteiger partial charge in [-0.2, -0.15) is 0 Å². The molecule has 0 saturated carbocycles. The van der Waals surface area contributed by atoms with Gasteiger partial charge in [-0.1, -0.05) is 24.2 Å². The van der Waals surface area contributed by atoms with E-state index in [2.05, 4.69) is 4.74 Å². The van der Waals surface area contributed by atoms with Crippen molar-refractivity contribution >= 4 is 10.0 Å². The van der Waals surface area contributed by atoms with Crippen LogP contribution in [-0.4, -0.2) is 15.5 Å². The van der Waals surface area contributed by atoms with E-state index in [4.69, 9.17) is 14.7 Å². The number of rotatable bonds is 4. The van der Waals surface area contributed by atoms with Crippen LogP contribution in [0.1, 0.15) is 33.7 Å². The molecule has 84 valence electrons. The topological polar surface area (TPSA) is 69.4 Å². The molecule has 4 nitrogen and oxygen atoms in total. The second kappa shape index (κ2) is 4.74. The lowest BCUT2D eigenvalue weighted by Crippen LogP contribution is -2.14. The normalized spacial score (nSPS) is 21.3. The van der Waals surface area contributed by atoms with E-state index in [0.29, 0.717) is 0 Å². The molecule has 0 amide bonds. The van der Waals surface area contributed by atoms with Gasteiger partial charge >= 0.3 is 0 Å². The van der Waals surface area contributed by atoms with Crippen LogP contribution in [0.3, 0.4) is 0 Å². The van der Waals surface area contributed by atoms with Gasteiger partial charge in [-0.25, -0.2) is 13.6 Å². The number of hydrogen-bond donors (Lipinski definition) is 1. The van der Waals surface area contributed by atoms with Gasteiger partial charge in [0.1, 0.15) is 0 Å². The summed E-state index contributed by atoms with van der Waals surface area (Å²) in [6.45, 7) is 1.27. The van der Waals surface area contributed by atoms with E-state index >= 15 is 0 Å². The summed E-state index contributed by atoms with van der Waals surface area (Å²) in [6.07, 6.45) is -1.23. The van der Waals surface area contributed by atoms with E-state index in [-0.39, 0.29) is 11.1 Å². The van der Waals surface area contributed by atoms with Gasteiger partial charge in [-0.15, -0.1) is 0 Å². The molecule has 0 aromatic heterocycles. The SMILES string of the molecule is [2H]c1c([2H])c([C@H](C)OC([2H])([2H])[2H])c([2H])c([2H])c1CS(N)(=O)=O. The fourth-order valence-electron chi connectivity index (χ4n) is 0.884. The first-order chi connectivity index (χ1) is 9.74. The average molecular weight is 236 g/mol. The Morgan fingerprint density at radius 3 is 2.60 bits per heavy atom. The maximum atomic E-state index is 11.1. The zero-order valence-corrected chi connectivity index (χ0v) is 8.81. The Bertz CT molecular complexity index is 658. The molecule has 0 saturated heterocycles. The molecule has 0 bridgehead atoms. The number of hydrogen-bond acceptors (Lipinski definition) is 3. The molecule has 0 heterocycles. The van der Waals surface area contributed by atoms with Crippen molar-refractivity contribution in [3.8, 4) is 0 Å². The number of ether oxygens (including phenoxy) is 1. The summed E-state index contributed by atoms with van der Waals surface area (Å²) in [5.74, 6) is -0.850. The summed E-state index contributed by atoms with van der Waals surface area (Å²) in [5, 5.41) is 4.87. The van der Waals surface area contributed by atoms with Crippen molar-refractivity contribution in [2.75, 3.05) is 7.04 Å². The molecule has 0 aliphatic rings. The summed E-state index contributed by atoms with van der Waals surface area (Å²) in [4.78, 5) is 0. The zero-order valence-electron chi connectivity index (χ0n) is 15.0. The fourth-order valence-corrected chi connectivity index (χ4v) is 1.43. The second-order valence-corrected chi connectivity index (χ2v) is 4.57. The van der Waals surface area contributed by atoms with Gasteiger partial charge in [0, 0.05) is 7.04 Å². The van der Waals surface area contributed by atoms with Crippen LogP contribution in [0, 0.1) is 0 Å². The van der Waals surface area contributed by atoms with Gasteiger partial charge in [0.2, 0.25) is 10.0 Å². The third-order valence-corrected chi connectivity index (χ3v) is 2.32. The highest BCUT2D eigenvalue weighted by Crippen LogP contribution is 2.16. The van der Waals surface area contributed by atoms with E-state index in [1.54, 1.807) is 0 Å². The number of sulfonamides is 1. The Morgan fingerprint density at radius 1 is 1.53 bits per heavy atom. The Kier molecular flexibility index (Phi) is 1.72. The lowest BCUT2D eigenvalue weighted by molar-refractivity contribution is 0.119. The summed E-state index contributed by atoms with van der Waals surface area (Å²) in [6, 6.07) is -2.30. The van der Waals surface area contributed by atoms with Crippen molar-refractivity contribution < 1.29 is 22.7 Å². The monoisotopic (exact) mass is 236 g/mol. The first-order valence-corrected chi connectivity index (χ1v) is 5.73. The minimum absolute atomic E-state index is 0.260. The van der Waals surface area contributed by atoms with Crippen LogP contribution in [0.4, 0.5) is 0 Å². The summed E-state index contributed by atoms with van der Waals surface area (Å²) in [5.41, 5.74) is -0.633. The third-order valence-electron chi connectivity index (χ3n) is 1.62. The molecule has 5 heteroatoms. The van der Waals surface area contributed by atoms with Gasteiger partial charge in [0.05, 0.1) is 21.5 Å². The Labute approximate surface area is 99.9 Å². The quantitative estimate of drug-likeness (QED) is 0.853. The molecule has 0 aliphatic carbocycles. The van der Waals surface area contributed by atoms with Crippen LogP contribution in [0.15, 0.2) is 24.2 Å². The molecular formula is C10H15NO3S. The molecule has 1 aromatic rings. The molecule has 2 N–H and O–H groups in total. The lowest BCUT2D eigenvalue weighted by Gasteiger charge is -2.09. The molecule has 0 unspecified atom stereocenters. The first kappa shape index (κ1) is 5.43. The minimum atomic E-state index is -4.05. The number of benzene rings is 1. The molecule has 1 atom stereocenters. The van der Waals surface area contributed by atoms with Crippen molar-refractivity contribution in [3.05, 3.63) is 35.3 Å². The van der Waals surface area contributed by atoms with E-state index < -0.39 is 53.1 Å². The van der Waals surface area contributed by atoms with E-state index in [1.165, 1.54) is 6.92 Å². The summed E-state index contributed by atoms with van der Waals surface area (Å²) < 4.78 is 79.2. The summed E-state index contributed by atoms with van der Waals surface area (Å²) in [7, 11) is -6.82. The smallest absolute Gasteiger partial charge is 0.213 e. The standard InChI is InChI=1S/C10H15NO3S/c1-8(14-2)10-5-3-9(4-6-10)7-15(11,12)13/h3-6,8H,7H2,1-2H3,(H2,11,12,13)/t8-/m0/s1/i2D3,3D,4D,5D,6D. The maximum absolute atomic E-state index is 11.1. The van der Waals surface area contributed by atoms with Crippen molar-refractivity contribution in [3.63, 3.8) is 0 Å². The number of primary sulfonamides is 1. The Balaban J connectivity index is 3.46. The Morgan fingerprint density at radius 2 is 2.13 bits per heavy atom. The van der Waals surface area contributed by atoms with Crippen LogP contribution in [-0.2, 0) is 20.5 Å². The third kappa shape index (κ3) is 3.99. The largest absolute Gasteiger partial charge is 0.377 e. The molecule has 1 rings (SSSR count). The maximum Gasteiger partial charge on any atom is 0.213 e. The lowest BCUT2D eigenvalue weighted by atomic mass is 10.1. The van der Waals surface area contributed by atoms with Crippen molar-refractivity contribution in [2.45, 2.75) is 18.8 Å². The molecular weight excluding hydrogens is 214 g/mol. The van der Waals surface area contributed by atoms with Crippen molar-refractivity contribution in [1.29, 1.82) is 0 Å². The summed E-state index contributed by atoms with van der Waals surface area (Å²) >= 11 is 0. The van der Waals surface area contributed by atoms with Crippen LogP contribution in [0.5, 0.6) is 0 Å². The predicted octanol–water partition coefficient (Wildman–Crippen LogP) is 1.18. The average Bonchev–Trinajstić information content (AvgIpc) is 2.29. The molecule has 15 heavy (non-hydrogen) atoms. The molecule has 0 spiro atoms. The Hall–Kier alpha value is -0.910. The number of methoxy groups -OCH3 is 1. The van der Waals surface area contributed by atoms with Crippen LogP contribution in [0.25, 0.3) is 0 Å². The molecule has 1 aromatic carbocycles. The highest BCUT2D eigenvalue weighted by Gasteiger charge is 2.06. The van der Waals surface area contributed by atoms with Gasteiger partial charge in [-0.05, 0) is 18.1 Å². The van der Waals surface area contributed by atoms with Gasteiger partial charge < -0.3 is 4.74 Å². The molecule has 0 radical (unpaired) electrons. The van der Waals surface area contributed by atoms with Crippen LogP contribution < -0.4 is 5.14 Å². The van der Waals surface area contributed by atoms with E-state index in [9.17, 15) is 8.42 Å². The van der Waals surface area contributed by atoms with Gasteiger partial charge in [0.15, 0.2) is 0 Å². The second-order valence-electron chi connectivity index (χ2n) is 2.96. The molecule has 0 aliphatic heterocycles. The van der Waals surface area contributed by atoms with E-state index in [1.807, 2.05) is 0 Å².